The molecule has 0 bridgehead atoms. The second-order valence-corrected chi connectivity index (χ2v) is 14.2. The highest BCUT2D eigenvalue weighted by molar-refractivity contribution is 5.80. The molecule has 0 fully saturated rings. The minimum atomic E-state index is 0.0870. The fourth-order valence-electron chi connectivity index (χ4n) is 6.24. The van der Waals surface area contributed by atoms with Crippen LogP contribution in [0.5, 0.6) is 0 Å². The van der Waals surface area contributed by atoms with E-state index in [0.717, 1.165) is 25.7 Å². The average Bonchev–Trinajstić information content (AvgIpc) is 3.39. The highest BCUT2D eigenvalue weighted by Crippen LogP contribution is 2.52. The molecule has 0 aromatic heterocycles. The summed E-state index contributed by atoms with van der Waals surface area (Å²) in [5.74, 6) is 0. The molecule has 2 aromatic carbocycles. The highest BCUT2D eigenvalue weighted by atomic mass is 14.4. The van der Waals surface area contributed by atoms with Crippen molar-refractivity contribution in [3.8, 4) is 11.1 Å². The summed E-state index contributed by atoms with van der Waals surface area (Å²) in [4.78, 5) is 0. The van der Waals surface area contributed by atoms with Crippen molar-refractivity contribution in [2.45, 2.75) is 118 Å². The van der Waals surface area contributed by atoms with Crippen molar-refractivity contribution >= 4 is 0 Å². The van der Waals surface area contributed by atoms with Gasteiger partial charge in [-0.3, -0.25) is 0 Å². The third-order valence-corrected chi connectivity index (χ3v) is 8.82. The number of benzene rings is 2. The molecule has 35 heavy (non-hydrogen) atoms. The van der Waals surface area contributed by atoms with E-state index in [2.05, 4.69) is 119 Å². The summed E-state index contributed by atoms with van der Waals surface area (Å²) in [5, 5.41) is 0. The zero-order valence-electron chi connectivity index (χ0n) is 24.4. The van der Waals surface area contributed by atoms with E-state index < -0.39 is 0 Å². The number of rotatable bonds is 4. The van der Waals surface area contributed by atoms with E-state index in [4.69, 9.17) is 0 Å². The van der Waals surface area contributed by atoms with Crippen LogP contribution in [0, 0.1) is 5.41 Å². The van der Waals surface area contributed by atoms with Gasteiger partial charge in [-0.15, -0.1) is 0 Å². The minimum Gasteiger partial charge on any atom is -0.0767 e. The van der Waals surface area contributed by atoms with Gasteiger partial charge < -0.3 is 0 Å². The monoisotopic (exact) mass is 468 g/mol. The summed E-state index contributed by atoms with van der Waals surface area (Å²) in [6.45, 7) is 25.9. The Kier molecular flexibility index (Phi) is 6.31. The van der Waals surface area contributed by atoms with Crippen LogP contribution in [0.3, 0.4) is 0 Å². The number of hydrogen-bond donors (Lipinski definition) is 0. The van der Waals surface area contributed by atoms with Gasteiger partial charge in [0, 0.05) is 5.41 Å². The van der Waals surface area contributed by atoms with Crippen LogP contribution in [0.15, 0.2) is 53.6 Å². The molecule has 2 aliphatic rings. The Morgan fingerprint density at radius 3 is 1.80 bits per heavy atom. The molecule has 0 aliphatic heterocycles. The Bertz CT molecular complexity index is 1190. The standard InChI is InChI=1S/C35H48/c1-12-35(13-2,26-17-16-24(19-26)32(3,4)5)31-22-27(34(9,10)11)21-29-28-20-25(33(6,7)8)15-14-23(28)18-30(29)31/h14-16,19-22H,12-13,17-18H2,1-11H3. The first-order valence-corrected chi connectivity index (χ1v) is 13.8. The van der Waals surface area contributed by atoms with Crippen LogP contribution >= 0.6 is 0 Å². The lowest BCUT2D eigenvalue weighted by Crippen LogP contribution is -2.29. The predicted octanol–water partition coefficient (Wildman–Crippen LogP) is 10.2. The molecule has 0 spiro atoms. The second kappa shape index (κ2) is 8.50. The van der Waals surface area contributed by atoms with Crippen molar-refractivity contribution < 1.29 is 0 Å². The fourth-order valence-corrected chi connectivity index (χ4v) is 6.24. The molecule has 188 valence electrons. The van der Waals surface area contributed by atoms with Crippen molar-refractivity contribution in [3.05, 3.63) is 81.4 Å². The first kappa shape index (κ1) is 26.0. The van der Waals surface area contributed by atoms with E-state index in [9.17, 15) is 0 Å². The summed E-state index contributed by atoms with van der Waals surface area (Å²) in [6, 6.07) is 12.4. The number of hydrogen-bond acceptors (Lipinski definition) is 0. The smallest absolute Gasteiger partial charge is 0.0166 e. The quantitative estimate of drug-likeness (QED) is 0.357. The topological polar surface area (TPSA) is 0 Å². The van der Waals surface area contributed by atoms with E-state index in [1.165, 1.54) is 33.4 Å². The van der Waals surface area contributed by atoms with Gasteiger partial charge in [-0.25, -0.2) is 0 Å². The van der Waals surface area contributed by atoms with Crippen molar-refractivity contribution in [2.24, 2.45) is 5.41 Å². The molecule has 2 aliphatic carbocycles. The first-order chi connectivity index (χ1) is 16.1. The Hall–Kier alpha value is -2.08. The molecule has 0 saturated carbocycles. The van der Waals surface area contributed by atoms with Crippen molar-refractivity contribution in [1.29, 1.82) is 0 Å². The summed E-state index contributed by atoms with van der Waals surface area (Å²) in [5.41, 5.74) is 14.2. The molecule has 0 saturated heterocycles. The van der Waals surface area contributed by atoms with Crippen molar-refractivity contribution in [3.63, 3.8) is 0 Å². The van der Waals surface area contributed by atoms with Crippen molar-refractivity contribution in [1.82, 2.24) is 0 Å². The maximum Gasteiger partial charge on any atom is 0.0166 e. The average molecular weight is 469 g/mol. The van der Waals surface area contributed by atoms with Gasteiger partial charge in [-0.05, 0) is 86.4 Å². The van der Waals surface area contributed by atoms with E-state index in [1.807, 2.05) is 0 Å². The summed E-state index contributed by atoms with van der Waals surface area (Å²) >= 11 is 0. The number of allylic oxidation sites excluding steroid dienone is 4. The Labute approximate surface area is 215 Å². The molecular weight excluding hydrogens is 420 g/mol. The lowest BCUT2D eigenvalue weighted by Gasteiger charge is -2.38. The van der Waals surface area contributed by atoms with Gasteiger partial charge in [0.2, 0.25) is 0 Å². The van der Waals surface area contributed by atoms with E-state index in [-0.39, 0.29) is 21.7 Å². The second-order valence-electron chi connectivity index (χ2n) is 14.2. The van der Waals surface area contributed by atoms with Gasteiger partial charge >= 0.3 is 0 Å². The first-order valence-electron chi connectivity index (χ1n) is 13.8. The third kappa shape index (κ3) is 4.47. The summed E-state index contributed by atoms with van der Waals surface area (Å²) in [6.07, 6.45) is 9.48. The van der Waals surface area contributed by atoms with Gasteiger partial charge in [0.1, 0.15) is 0 Å². The third-order valence-electron chi connectivity index (χ3n) is 8.82. The Morgan fingerprint density at radius 1 is 0.686 bits per heavy atom. The van der Waals surface area contributed by atoms with Crippen LogP contribution in [0.1, 0.15) is 123 Å². The summed E-state index contributed by atoms with van der Waals surface area (Å²) in [7, 11) is 0. The van der Waals surface area contributed by atoms with Crippen LogP contribution in [0.2, 0.25) is 0 Å². The maximum atomic E-state index is 2.60. The number of fused-ring (bicyclic) bond motifs is 3. The van der Waals surface area contributed by atoms with Crippen LogP contribution < -0.4 is 0 Å². The van der Waals surface area contributed by atoms with E-state index >= 15 is 0 Å². The largest absolute Gasteiger partial charge is 0.0767 e. The fraction of sp³-hybridized carbons (Fsp3) is 0.543. The molecule has 0 heteroatoms. The summed E-state index contributed by atoms with van der Waals surface area (Å²) < 4.78 is 0. The lowest BCUT2D eigenvalue weighted by atomic mass is 9.66. The Morgan fingerprint density at radius 2 is 1.29 bits per heavy atom. The molecule has 0 radical (unpaired) electrons. The van der Waals surface area contributed by atoms with Crippen LogP contribution in [0.25, 0.3) is 11.1 Å². The SMILES string of the molecule is CCC(CC)(C1=CC(C(C)(C)C)=CC1)c1cc(C(C)(C)C)cc2c1Cc1ccc(C(C)(C)C)cc1-2. The molecular formula is C35H48. The molecule has 0 N–H and O–H groups in total. The van der Waals surface area contributed by atoms with Gasteiger partial charge in [0.05, 0.1) is 0 Å². The van der Waals surface area contributed by atoms with E-state index in [1.54, 1.807) is 16.7 Å². The minimum absolute atomic E-state index is 0.0870. The highest BCUT2D eigenvalue weighted by Gasteiger charge is 2.39. The van der Waals surface area contributed by atoms with Crippen LogP contribution in [0.4, 0.5) is 0 Å². The Balaban J connectivity index is 1.97. The van der Waals surface area contributed by atoms with Crippen LogP contribution in [-0.2, 0) is 22.7 Å². The molecule has 4 rings (SSSR count). The predicted molar refractivity (Wildman–Crippen MR) is 155 cm³/mol. The molecule has 2 aromatic rings. The molecule has 0 atom stereocenters. The normalized spacial score (nSPS) is 16.2. The molecule has 0 heterocycles. The molecule has 0 nitrogen and oxygen atoms in total. The van der Waals surface area contributed by atoms with Gasteiger partial charge in [-0.1, -0.05) is 124 Å². The molecule has 0 unspecified atom stereocenters. The van der Waals surface area contributed by atoms with Gasteiger partial charge in [-0.2, -0.15) is 0 Å². The van der Waals surface area contributed by atoms with Crippen LogP contribution in [-0.4, -0.2) is 0 Å². The lowest BCUT2D eigenvalue weighted by molar-refractivity contribution is 0.456. The zero-order valence-corrected chi connectivity index (χ0v) is 24.4. The van der Waals surface area contributed by atoms with Crippen molar-refractivity contribution in [2.75, 3.05) is 0 Å². The maximum absolute atomic E-state index is 2.60. The van der Waals surface area contributed by atoms with Gasteiger partial charge in [0.25, 0.3) is 0 Å². The zero-order chi connectivity index (χ0) is 26.0. The van der Waals surface area contributed by atoms with E-state index in [0.29, 0.717) is 0 Å². The molecule has 0 amide bonds. The van der Waals surface area contributed by atoms with Gasteiger partial charge in [0.15, 0.2) is 0 Å².